The molecular formula is C21H22N4OS3. The number of para-hydroxylation sites is 1. The first-order valence-electron chi connectivity index (χ1n) is 9.55. The van der Waals surface area contributed by atoms with Gasteiger partial charge in [-0.25, -0.2) is 0 Å². The van der Waals surface area contributed by atoms with Crippen LogP contribution < -0.4 is 5.32 Å². The maximum absolute atomic E-state index is 12.7. The normalized spacial score (nSPS) is 12.5. The highest BCUT2D eigenvalue weighted by molar-refractivity contribution is 8.03. The van der Waals surface area contributed by atoms with Crippen molar-refractivity contribution in [2.75, 3.05) is 11.1 Å². The molecule has 2 aromatic carbocycles. The second-order valence-corrected chi connectivity index (χ2v) is 10.6. The van der Waals surface area contributed by atoms with E-state index in [1.165, 1.54) is 39.5 Å². The number of benzene rings is 2. The number of fused-ring (bicyclic) bond motifs is 3. The van der Waals surface area contributed by atoms with Gasteiger partial charge in [0.15, 0.2) is 8.68 Å². The van der Waals surface area contributed by atoms with Crippen molar-refractivity contribution >= 4 is 68.3 Å². The Labute approximate surface area is 182 Å². The molecule has 0 saturated carbocycles. The molecule has 29 heavy (non-hydrogen) atoms. The van der Waals surface area contributed by atoms with Crippen molar-refractivity contribution in [3.05, 3.63) is 42.5 Å². The number of anilines is 1. The highest BCUT2D eigenvalue weighted by Gasteiger charge is 2.18. The van der Waals surface area contributed by atoms with Crippen LogP contribution in [-0.4, -0.2) is 31.7 Å². The van der Waals surface area contributed by atoms with Crippen LogP contribution >= 0.6 is 34.9 Å². The highest BCUT2D eigenvalue weighted by atomic mass is 32.2. The average Bonchev–Trinajstić information content (AvgIpc) is 3.29. The van der Waals surface area contributed by atoms with Crippen LogP contribution in [0.4, 0.5) is 5.69 Å². The summed E-state index contributed by atoms with van der Waals surface area (Å²) in [4.78, 5) is 12.7. The lowest BCUT2D eigenvalue weighted by Crippen LogP contribution is -2.22. The van der Waals surface area contributed by atoms with Crippen LogP contribution in [-0.2, 0) is 11.3 Å². The lowest BCUT2D eigenvalue weighted by Gasteiger charge is -2.11. The van der Waals surface area contributed by atoms with Crippen LogP contribution in [0.2, 0.25) is 0 Å². The van der Waals surface area contributed by atoms with Crippen LogP contribution in [0.25, 0.3) is 21.8 Å². The molecule has 2 aromatic heterocycles. The number of nitrogens with zero attached hydrogens (tertiary/aromatic N) is 3. The Bertz CT molecular complexity index is 1170. The van der Waals surface area contributed by atoms with Crippen molar-refractivity contribution in [3.63, 3.8) is 0 Å². The maximum Gasteiger partial charge on any atom is 0.237 e. The fraction of sp³-hybridized carbons (Fsp3) is 0.286. The van der Waals surface area contributed by atoms with Crippen molar-refractivity contribution < 1.29 is 4.79 Å². The molecule has 150 valence electrons. The quantitative estimate of drug-likeness (QED) is 0.361. The van der Waals surface area contributed by atoms with Gasteiger partial charge >= 0.3 is 0 Å². The zero-order chi connectivity index (χ0) is 20.4. The zero-order valence-electron chi connectivity index (χ0n) is 16.5. The van der Waals surface area contributed by atoms with Crippen molar-refractivity contribution in [2.24, 2.45) is 0 Å². The molecule has 0 aliphatic rings. The predicted molar refractivity (Wildman–Crippen MR) is 125 cm³/mol. The summed E-state index contributed by atoms with van der Waals surface area (Å²) in [5.74, 6) is 0.931. The van der Waals surface area contributed by atoms with Crippen molar-refractivity contribution in [3.8, 4) is 0 Å². The minimum absolute atomic E-state index is 0.0338. The number of nitrogens with one attached hydrogen (secondary N) is 1. The van der Waals surface area contributed by atoms with Gasteiger partial charge in [0.2, 0.25) is 5.91 Å². The lowest BCUT2D eigenvalue weighted by molar-refractivity contribution is -0.115. The van der Waals surface area contributed by atoms with Crippen LogP contribution in [0.3, 0.4) is 0 Å². The first-order valence-corrected chi connectivity index (χ1v) is 12.2. The van der Waals surface area contributed by atoms with Gasteiger partial charge in [0.1, 0.15) is 0 Å². The van der Waals surface area contributed by atoms with Gasteiger partial charge in [-0.15, -0.1) is 10.2 Å². The SMILES string of the molecule is CCSc1nnc(SC(C)C(=O)Nc2ccc3c(c2)c2ccccc2n3CC)s1. The van der Waals surface area contributed by atoms with Crippen LogP contribution in [0.5, 0.6) is 0 Å². The summed E-state index contributed by atoms with van der Waals surface area (Å²) in [7, 11) is 0. The molecule has 0 aliphatic carbocycles. The molecule has 4 rings (SSSR count). The fourth-order valence-corrected chi connectivity index (χ4v) is 6.41. The molecule has 1 atom stereocenters. The summed E-state index contributed by atoms with van der Waals surface area (Å²) < 4.78 is 4.07. The Kier molecular flexibility index (Phi) is 6.12. The summed E-state index contributed by atoms with van der Waals surface area (Å²) >= 11 is 4.65. The summed E-state index contributed by atoms with van der Waals surface area (Å²) in [6.45, 7) is 7.04. The Morgan fingerprint density at radius 3 is 2.66 bits per heavy atom. The Morgan fingerprint density at radius 1 is 1.10 bits per heavy atom. The third-order valence-corrected chi connectivity index (χ3v) is 7.78. The van der Waals surface area contributed by atoms with Crippen LogP contribution in [0, 0.1) is 0 Å². The van der Waals surface area contributed by atoms with E-state index in [0.717, 1.165) is 32.1 Å². The van der Waals surface area contributed by atoms with Gasteiger partial charge in [-0.1, -0.05) is 60.0 Å². The van der Waals surface area contributed by atoms with Crippen molar-refractivity contribution in [1.82, 2.24) is 14.8 Å². The number of rotatable bonds is 7. The number of carbonyl (C=O) groups excluding carboxylic acids is 1. The molecule has 4 aromatic rings. The number of thioether (sulfide) groups is 2. The van der Waals surface area contributed by atoms with Crippen molar-refractivity contribution in [1.29, 1.82) is 0 Å². The van der Waals surface area contributed by atoms with E-state index in [1.54, 1.807) is 11.8 Å². The van der Waals surface area contributed by atoms with Gasteiger partial charge in [0.05, 0.1) is 5.25 Å². The molecular weight excluding hydrogens is 420 g/mol. The first-order chi connectivity index (χ1) is 14.1. The Balaban J connectivity index is 1.53. The molecule has 0 spiro atoms. The second-order valence-electron chi connectivity index (χ2n) is 6.51. The summed E-state index contributed by atoms with van der Waals surface area (Å²) in [5.41, 5.74) is 3.21. The van der Waals surface area contributed by atoms with Crippen LogP contribution in [0.15, 0.2) is 51.1 Å². The Hall–Kier alpha value is -2.03. The summed E-state index contributed by atoms with van der Waals surface area (Å²) in [5, 5.41) is 13.5. The molecule has 8 heteroatoms. The van der Waals surface area contributed by atoms with Crippen molar-refractivity contribution in [2.45, 2.75) is 41.2 Å². The number of amides is 1. The summed E-state index contributed by atoms with van der Waals surface area (Å²) in [6, 6.07) is 14.5. The standard InChI is InChI=1S/C21H22N4OS3/c1-4-25-17-9-7-6-8-15(17)16-12-14(10-11-18(16)25)22-19(26)13(3)28-21-24-23-20(29-21)27-5-2/h6-13H,4-5H2,1-3H3,(H,22,26). The fourth-order valence-electron chi connectivity index (χ4n) is 3.35. The number of carbonyl (C=O) groups is 1. The number of aryl methyl sites for hydroxylation is 1. The number of hydrogen-bond donors (Lipinski definition) is 1. The van der Waals surface area contributed by atoms with E-state index in [-0.39, 0.29) is 11.2 Å². The van der Waals surface area contributed by atoms with E-state index in [1.807, 2.05) is 13.0 Å². The topological polar surface area (TPSA) is 59.8 Å². The summed E-state index contributed by atoms with van der Waals surface area (Å²) in [6.07, 6.45) is 0. The third-order valence-electron chi connectivity index (χ3n) is 4.66. The van der Waals surface area contributed by atoms with E-state index in [0.29, 0.717) is 0 Å². The molecule has 0 aliphatic heterocycles. The molecule has 5 nitrogen and oxygen atoms in total. The van der Waals surface area contributed by atoms with E-state index in [2.05, 4.69) is 70.3 Å². The lowest BCUT2D eigenvalue weighted by atomic mass is 10.1. The molecule has 0 bridgehead atoms. The second kappa shape index (κ2) is 8.77. The van der Waals surface area contributed by atoms with E-state index in [9.17, 15) is 4.79 Å². The maximum atomic E-state index is 12.7. The minimum Gasteiger partial charge on any atom is -0.341 e. The van der Waals surface area contributed by atoms with Gasteiger partial charge in [-0.2, -0.15) is 0 Å². The third kappa shape index (κ3) is 4.15. The van der Waals surface area contributed by atoms with E-state index in [4.69, 9.17) is 0 Å². The number of hydrogen-bond acceptors (Lipinski definition) is 6. The van der Waals surface area contributed by atoms with E-state index >= 15 is 0 Å². The molecule has 0 radical (unpaired) electrons. The molecule has 1 N–H and O–H groups in total. The smallest absolute Gasteiger partial charge is 0.237 e. The first kappa shape index (κ1) is 20.3. The van der Waals surface area contributed by atoms with Crippen LogP contribution in [0.1, 0.15) is 20.8 Å². The predicted octanol–water partition coefficient (Wildman–Crippen LogP) is 5.90. The highest BCUT2D eigenvalue weighted by Crippen LogP contribution is 2.33. The van der Waals surface area contributed by atoms with Gasteiger partial charge in [0, 0.05) is 34.0 Å². The molecule has 1 amide bonds. The molecule has 1 unspecified atom stereocenters. The van der Waals surface area contributed by atoms with E-state index < -0.39 is 0 Å². The van der Waals surface area contributed by atoms with Gasteiger partial charge < -0.3 is 9.88 Å². The number of aromatic nitrogens is 3. The molecule has 0 saturated heterocycles. The zero-order valence-corrected chi connectivity index (χ0v) is 19.0. The molecule has 2 heterocycles. The van der Waals surface area contributed by atoms with Gasteiger partial charge in [-0.3, -0.25) is 4.79 Å². The Morgan fingerprint density at radius 2 is 1.86 bits per heavy atom. The van der Waals surface area contributed by atoms with Gasteiger partial charge in [0.25, 0.3) is 0 Å². The molecule has 0 fully saturated rings. The monoisotopic (exact) mass is 442 g/mol. The average molecular weight is 443 g/mol. The largest absolute Gasteiger partial charge is 0.341 e. The van der Waals surface area contributed by atoms with Gasteiger partial charge in [-0.05, 0) is 43.9 Å². The minimum atomic E-state index is -0.255.